The van der Waals surface area contributed by atoms with Gasteiger partial charge in [-0.1, -0.05) is 23.8 Å². The number of rotatable bonds is 6. The fraction of sp³-hybridized carbons (Fsp3) is 0.545. The van der Waals surface area contributed by atoms with E-state index in [1.54, 1.807) is 11.8 Å². The van der Waals surface area contributed by atoms with Gasteiger partial charge in [0.2, 0.25) is 0 Å². The number of aliphatic carboxylic acids is 1. The number of hydrogen-bond donors (Lipinski definition) is 1. The zero-order chi connectivity index (χ0) is 11.0. The molecule has 0 aromatic rings. The second-order valence-electron chi connectivity index (χ2n) is 3.23. The first-order valence-electron chi connectivity index (χ1n) is 4.62. The van der Waals surface area contributed by atoms with Crippen molar-refractivity contribution in [1.82, 2.24) is 0 Å². The Hall–Kier alpha value is -0.700. The van der Waals surface area contributed by atoms with Crippen LogP contribution in [0.3, 0.4) is 0 Å². The number of allylic oxidation sites excluding steroid dienone is 4. The standard InChI is InChI=1S/C11H18O2S/c1-4-5-6-9(2)7-10(8-14-3)11(12)13/h4-6,10H,7-8H2,1-3H3,(H,12,13). The molecule has 0 aliphatic heterocycles. The normalized spacial score (nSPS) is 14.6. The second kappa shape index (κ2) is 7.68. The number of hydrogen-bond acceptors (Lipinski definition) is 2. The molecule has 2 nitrogen and oxygen atoms in total. The van der Waals surface area contributed by atoms with Gasteiger partial charge < -0.3 is 5.11 Å². The van der Waals surface area contributed by atoms with Crippen molar-refractivity contribution in [2.45, 2.75) is 20.3 Å². The van der Waals surface area contributed by atoms with E-state index in [9.17, 15) is 4.79 Å². The van der Waals surface area contributed by atoms with Gasteiger partial charge >= 0.3 is 5.97 Å². The first-order chi connectivity index (χ1) is 6.61. The summed E-state index contributed by atoms with van der Waals surface area (Å²) in [6.07, 6.45) is 8.42. The van der Waals surface area contributed by atoms with Gasteiger partial charge in [-0.05, 0) is 26.5 Å². The van der Waals surface area contributed by atoms with Crippen LogP contribution in [0.4, 0.5) is 0 Å². The first kappa shape index (κ1) is 13.3. The van der Waals surface area contributed by atoms with E-state index in [4.69, 9.17) is 5.11 Å². The average molecular weight is 214 g/mol. The van der Waals surface area contributed by atoms with E-state index < -0.39 is 5.97 Å². The zero-order valence-electron chi connectivity index (χ0n) is 8.99. The molecule has 14 heavy (non-hydrogen) atoms. The lowest BCUT2D eigenvalue weighted by Crippen LogP contribution is -2.16. The van der Waals surface area contributed by atoms with Crippen LogP contribution in [0.25, 0.3) is 0 Å². The molecule has 1 unspecified atom stereocenters. The summed E-state index contributed by atoms with van der Waals surface area (Å²) >= 11 is 1.58. The number of carbonyl (C=O) groups is 1. The van der Waals surface area contributed by atoms with Crippen molar-refractivity contribution in [3.05, 3.63) is 23.8 Å². The van der Waals surface area contributed by atoms with Gasteiger partial charge in [-0.3, -0.25) is 4.79 Å². The molecule has 0 saturated carbocycles. The molecule has 0 aromatic heterocycles. The van der Waals surface area contributed by atoms with E-state index >= 15 is 0 Å². The molecule has 0 bridgehead atoms. The molecule has 0 fully saturated rings. The molecule has 0 amide bonds. The van der Waals surface area contributed by atoms with Crippen molar-refractivity contribution in [2.24, 2.45) is 5.92 Å². The summed E-state index contributed by atoms with van der Waals surface area (Å²) in [7, 11) is 0. The van der Waals surface area contributed by atoms with Crippen molar-refractivity contribution in [3.8, 4) is 0 Å². The lowest BCUT2D eigenvalue weighted by atomic mass is 10.0. The predicted octanol–water partition coefficient (Wildman–Crippen LogP) is 2.96. The SMILES string of the molecule is CC=CC=C(C)CC(CSC)C(=O)O. The van der Waals surface area contributed by atoms with Crippen LogP contribution in [-0.4, -0.2) is 23.1 Å². The minimum Gasteiger partial charge on any atom is -0.481 e. The van der Waals surface area contributed by atoms with Crippen LogP contribution in [0.5, 0.6) is 0 Å². The monoisotopic (exact) mass is 214 g/mol. The summed E-state index contributed by atoms with van der Waals surface area (Å²) in [6.45, 7) is 3.91. The highest BCUT2D eigenvalue weighted by Crippen LogP contribution is 2.16. The Morgan fingerprint density at radius 1 is 1.57 bits per heavy atom. The van der Waals surface area contributed by atoms with Crippen molar-refractivity contribution >= 4 is 17.7 Å². The third-order valence-corrected chi connectivity index (χ3v) is 2.59. The summed E-state index contributed by atoms with van der Waals surface area (Å²) in [5, 5.41) is 8.92. The van der Waals surface area contributed by atoms with Crippen molar-refractivity contribution in [1.29, 1.82) is 0 Å². The van der Waals surface area contributed by atoms with Gasteiger partial charge in [-0.25, -0.2) is 0 Å². The zero-order valence-corrected chi connectivity index (χ0v) is 9.80. The number of thioether (sulfide) groups is 1. The smallest absolute Gasteiger partial charge is 0.307 e. The summed E-state index contributed by atoms with van der Waals surface area (Å²) in [5.74, 6) is -0.282. The lowest BCUT2D eigenvalue weighted by molar-refractivity contribution is -0.140. The summed E-state index contributed by atoms with van der Waals surface area (Å²) in [4.78, 5) is 10.8. The lowest BCUT2D eigenvalue weighted by Gasteiger charge is -2.10. The Morgan fingerprint density at radius 3 is 2.64 bits per heavy atom. The minimum absolute atomic E-state index is 0.258. The van der Waals surface area contributed by atoms with E-state index in [1.807, 2.05) is 38.3 Å². The van der Waals surface area contributed by atoms with Crippen LogP contribution in [0, 0.1) is 5.92 Å². The van der Waals surface area contributed by atoms with Gasteiger partial charge in [-0.15, -0.1) is 0 Å². The largest absolute Gasteiger partial charge is 0.481 e. The van der Waals surface area contributed by atoms with E-state index in [0.29, 0.717) is 12.2 Å². The highest BCUT2D eigenvalue weighted by Gasteiger charge is 2.16. The number of carboxylic acids is 1. The summed E-state index contributed by atoms with van der Waals surface area (Å²) in [6, 6.07) is 0. The molecule has 1 atom stereocenters. The molecule has 0 aromatic carbocycles. The Labute approximate surface area is 90.1 Å². The maximum Gasteiger partial charge on any atom is 0.307 e. The Morgan fingerprint density at radius 2 is 2.21 bits per heavy atom. The van der Waals surface area contributed by atoms with E-state index in [1.165, 1.54) is 0 Å². The molecule has 0 rings (SSSR count). The maximum atomic E-state index is 10.8. The molecule has 1 N–H and O–H groups in total. The van der Waals surface area contributed by atoms with Crippen LogP contribution in [-0.2, 0) is 4.79 Å². The van der Waals surface area contributed by atoms with Gasteiger partial charge in [0.15, 0.2) is 0 Å². The highest BCUT2D eigenvalue weighted by molar-refractivity contribution is 7.98. The third-order valence-electron chi connectivity index (χ3n) is 1.86. The number of carboxylic acid groups (broad SMARTS) is 1. The fourth-order valence-electron chi connectivity index (χ4n) is 1.14. The van der Waals surface area contributed by atoms with Crippen LogP contribution in [0.2, 0.25) is 0 Å². The molecular weight excluding hydrogens is 196 g/mol. The van der Waals surface area contributed by atoms with Gasteiger partial charge in [0.1, 0.15) is 0 Å². The maximum absolute atomic E-state index is 10.8. The van der Waals surface area contributed by atoms with Crippen LogP contribution >= 0.6 is 11.8 Å². The Balaban J connectivity index is 4.21. The van der Waals surface area contributed by atoms with Crippen molar-refractivity contribution in [2.75, 3.05) is 12.0 Å². The fourth-order valence-corrected chi connectivity index (χ4v) is 1.80. The Bertz CT molecular complexity index is 231. The quantitative estimate of drug-likeness (QED) is 0.691. The average Bonchev–Trinajstić information content (AvgIpc) is 2.14. The predicted molar refractivity (Wildman–Crippen MR) is 62.7 cm³/mol. The van der Waals surface area contributed by atoms with Crippen LogP contribution in [0.1, 0.15) is 20.3 Å². The van der Waals surface area contributed by atoms with Crippen LogP contribution in [0.15, 0.2) is 23.8 Å². The topological polar surface area (TPSA) is 37.3 Å². The van der Waals surface area contributed by atoms with Gasteiger partial charge in [0, 0.05) is 5.75 Å². The highest BCUT2D eigenvalue weighted by atomic mass is 32.2. The first-order valence-corrected chi connectivity index (χ1v) is 6.01. The van der Waals surface area contributed by atoms with Crippen molar-refractivity contribution < 1.29 is 9.90 Å². The molecule has 0 heterocycles. The molecule has 3 heteroatoms. The van der Waals surface area contributed by atoms with Gasteiger partial charge in [0.05, 0.1) is 5.92 Å². The molecule has 0 radical (unpaired) electrons. The molecule has 0 saturated heterocycles. The summed E-state index contributed by atoms with van der Waals surface area (Å²) in [5.41, 5.74) is 1.12. The van der Waals surface area contributed by atoms with Gasteiger partial charge in [0.25, 0.3) is 0 Å². The molecule has 0 aliphatic carbocycles. The van der Waals surface area contributed by atoms with Crippen LogP contribution < -0.4 is 0 Å². The Kier molecular flexibility index (Phi) is 7.30. The molecular formula is C11H18O2S. The van der Waals surface area contributed by atoms with E-state index in [-0.39, 0.29) is 5.92 Å². The molecule has 80 valence electrons. The van der Waals surface area contributed by atoms with E-state index in [0.717, 1.165) is 5.57 Å². The molecule has 0 spiro atoms. The second-order valence-corrected chi connectivity index (χ2v) is 4.14. The van der Waals surface area contributed by atoms with Gasteiger partial charge in [-0.2, -0.15) is 11.8 Å². The third kappa shape index (κ3) is 5.86. The summed E-state index contributed by atoms with van der Waals surface area (Å²) < 4.78 is 0. The molecule has 0 aliphatic rings. The van der Waals surface area contributed by atoms with Crippen molar-refractivity contribution in [3.63, 3.8) is 0 Å². The minimum atomic E-state index is -0.701. The van der Waals surface area contributed by atoms with E-state index in [2.05, 4.69) is 0 Å².